The molecular weight excluding hydrogens is 318 g/mol. The molecule has 4 heteroatoms. The van der Waals surface area contributed by atoms with E-state index in [9.17, 15) is 0 Å². The summed E-state index contributed by atoms with van der Waals surface area (Å²) in [6.07, 6.45) is 1.95. The maximum absolute atomic E-state index is 5.69. The first kappa shape index (κ1) is 13.1. The molecule has 0 aliphatic carbocycles. The van der Waals surface area contributed by atoms with Gasteiger partial charge in [0.1, 0.15) is 5.01 Å². The lowest BCUT2D eigenvalue weighted by Crippen LogP contribution is -1.87. The van der Waals surface area contributed by atoms with Crippen molar-refractivity contribution >= 4 is 38.9 Å². The first-order valence-corrected chi connectivity index (χ1v) is 7.68. The van der Waals surface area contributed by atoms with Gasteiger partial charge in [0.25, 0.3) is 0 Å². The summed E-state index contributed by atoms with van der Waals surface area (Å²) in [5.74, 6) is 0.696. The van der Waals surface area contributed by atoms with Crippen molar-refractivity contribution in [2.45, 2.75) is 19.8 Å². The van der Waals surface area contributed by atoms with Crippen LogP contribution in [0, 0.1) is 6.92 Å². The van der Waals surface area contributed by atoms with Crippen LogP contribution in [-0.4, -0.2) is 10.9 Å². The van der Waals surface area contributed by atoms with E-state index in [1.807, 2.05) is 0 Å². The largest absolute Gasteiger partial charge is 0.241 e. The fraction of sp³-hybridized carbons (Fsp3) is 0.308. The predicted molar refractivity (Wildman–Crippen MR) is 79.0 cm³/mol. The first-order chi connectivity index (χ1) is 8.20. The van der Waals surface area contributed by atoms with Gasteiger partial charge in [0.15, 0.2) is 0 Å². The topological polar surface area (TPSA) is 12.9 Å². The molecule has 1 nitrogen and oxygen atoms in total. The van der Waals surface area contributed by atoms with E-state index in [1.165, 1.54) is 5.56 Å². The quantitative estimate of drug-likeness (QED) is 0.715. The van der Waals surface area contributed by atoms with Gasteiger partial charge in [0, 0.05) is 21.3 Å². The SMILES string of the molecule is Cc1ccc(-c2nc(CCCCl)cs2)c(Br)c1. The van der Waals surface area contributed by atoms with Crippen LogP contribution in [0.5, 0.6) is 0 Å². The number of rotatable bonds is 4. The van der Waals surface area contributed by atoms with Crippen molar-refractivity contribution in [2.24, 2.45) is 0 Å². The third-order valence-corrected chi connectivity index (χ3v) is 4.32. The summed E-state index contributed by atoms with van der Waals surface area (Å²) >= 11 is 11.0. The second-order valence-corrected chi connectivity index (χ2v) is 6.01. The molecule has 0 radical (unpaired) electrons. The Bertz CT molecular complexity index is 510. The first-order valence-electron chi connectivity index (χ1n) is 5.47. The summed E-state index contributed by atoms with van der Waals surface area (Å²) in [6, 6.07) is 6.35. The molecule has 2 rings (SSSR count). The third-order valence-electron chi connectivity index (χ3n) is 2.47. The zero-order valence-corrected chi connectivity index (χ0v) is 12.7. The van der Waals surface area contributed by atoms with Crippen LogP contribution in [0.4, 0.5) is 0 Å². The number of thiazole rings is 1. The molecule has 0 bridgehead atoms. The van der Waals surface area contributed by atoms with Gasteiger partial charge in [-0.15, -0.1) is 22.9 Å². The fourth-order valence-electron chi connectivity index (χ4n) is 1.59. The Balaban J connectivity index is 2.24. The van der Waals surface area contributed by atoms with Crippen molar-refractivity contribution in [2.75, 3.05) is 5.88 Å². The molecule has 1 aromatic heterocycles. The van der Waals surface area contributed by atoms with Crippen LogP contribution >= 0.6 is 38.9 Å². The second-order valence-electron chi connectivity index (χ2n) is 3.92. The molecule has 0 aliphatic rings. The van der Waals surface area contributed by atoms with Gasteiger partial charge in [-0.3, -0.25) is 0 Å². The molecule has 2 aromatic rings. The average molecular weight is 331 g/mol. The lowest BCUT2D eigenvalue weighted by molar-refractivity contribution is 0.900. The molecule has 17 heavy (non-hydrogen) atoms. The Hall–Kier alpha value is -0.380. The molecule has 1 aromatic carbocycles. The monoisotopic (exact) mass is 329 g/mol. The van der Waals surface area contributed by atoms with Gasteiger partial charge in [-0.25, -0.2) is 4.98 Å². The van der Waals surface area contributed by atoms with Crippen molar-refractivity contribution in [1.29, 1.82) is 0 Å². The van der Waals surface area contributed by atoms with E-state index in [0.29, 0.717) is 5.88 Å². The van der Waals surface area contributed by atoms with Crippen LogP contribution in [-0.2, 0) is 6.42 Å². The van der Waals surface area contributed by atoms with Gasteiger partial charge in [-0.1, -0.05) is 28.1 Å². The summed E-state index contributed by atoms with van der Waals surface area (Å²) in [7, 11) is 0. The number of hydrogen-bond donors (Lipinski definition) is 0. The van der Waals surface area contributed by atoms with Gasteiger partial charge in [-0.05, 0) is 31.4 Å². The van der Waals surface area contributed by atoms with Gasteiger partial charge < -0.3 is 0 Å². The summed E-state index contributed by atoms with van der Waals surface area (Å²) in [5, 5.41) is 3.19. The van der Waals surface area contributed by atoms with E-state index in [4.69, 9.17) is 11.6 Å². The number of aromatic nitrogens is 1. The summed E-state index contributed by atoms with van der Waals surface area (Å²) in [5.41, 5.74) is 3.55. The predicted octanol–water partition coefficient (Wildman–Crippen LogP) is 5.05. The Morgan fingerprint density at radius 3 is 2.94 bits per heavy atom. The minimum Gasteiger partial charge on any atom is -0.241 e. The normalized spacial score (nSPS) is 10.8. The highest BCUT2D eigenvalue weighted by molar-refractivity contribution is 9.10. The van der Waals surface area contributed by atoms with Gasteiger partial charge in [0.2, 0.25) is 0 Å². The summed E-state index contributed by atoms with van der Waals surface area (Å²) < 4.78 is 1.11. The zero-order valence-electron chi connectivity index (χ0n) is 9.54. The van der Waals surface area contributed by atoms with Crippen molar-refractivity contribution in [3.05, 3.63) is 39.3 Å². The number of alkyl halides is 1. The molecule has 0 N–H and O–H groups in total. The molecule has 0 fully saturated rings. The van der Waals surface area contributed by atoms with Crippen molar-refractivity contribution < 1.29 is 0 Å². The summed E-state index contributed by atoms with van der Waals surface area (Å²) in [4.78, 5) is 4.64. The van der Waals surface area contributed by atoms with Gasteiger partial charge in [0.05, 0.1) is 5.69 Å². The number of halogens is 2. The molecule has 1 heterocycles. The van der Waals surface area contributed by atoms with Crippen LogP contribution in [0.3, 0.4) is 0 Å². The maximum atomic E-state index is 5.69. The Morgan fingerprint density at radius 2 is 2.24 bits per heavy atom. The molecule has 0 spiro atoms. The van der Waals surface area contributed by atoms with Gasteiger partial charge in [-0.2, -0.15) is 0 Å². The summed E-state index contributed by atoms with van der Waals surface area (Å²) in [6.45, 7) is 2.09. The minimum absolute atomic E-state index is 0.696. The van der Waals surface area contributed by atoms with E-state index in [0.717, 1.165) is 33.6 Å². The van der Waals surface area contributed by atoms with E-state index in [2.05, 4.69) is 51.4 Å². The Morgan fingerprint density at radius 1 is 1.41 bits per heavy atom. The molecule has 90 valence electrons. The number of nitrogens with zero attached hydrogens (tertiary/aromatic N) is 1. The van der Waals surface area contributed by atoms with Crippen LogP contribution in [0.15, 0.2) is 28.1 Å². The molecule has 0 aliphatic heterocycles. The molecule has 0 amide bonds. The van der Waals surface area contributed by atoms with Crippen LogP contribution in [0.1, 0.15) is 17.7 Å². The smallest absolute Gasteiger partial charge is 0.124 e. The number of benzene rings is 1. The van der Waals surface area contributed by atoms with Crippen LogP contribution in [0.2, 0.25) is 0 Å². The molecule has 0 unspecified atom stereocenters. The molecule has 0 saturated heterocycles. The Kier molecular flexibility index (Phi) is 4.60. The highest BCUT2D eigenvalue weighted by atomic mass is 79.9. The second kappa shape index (κ2) is 5.98. The zero-order chi connectivity index (χ0) is 12.3. The molecule has 0 atom stereocenters. The molecule has 0 saturated carbocycles. The third kappa shape index (κ3) is 3.30. The number of aryl methyl sites for hydroxylation is 2. The molecular formula is C13H13BrClNS. The van der Waals surface area contributed by atoms with E-state index < -0.39 is 0 Å². The Labute approximate surface area is 119 Å². The van der Waals surface area contributed by atoms with Crippen molar-refractivity contribution in [3.63, 3.8) is 0 Å². The van der Waals surface area contributed by atoms with E-state index >= 15 is 0 Å². The fourth-order valence-corrected chi connectivity index (χ4v) is 3.43. The van der Waals surface area contributed by atoms with Crippen molar-refractivity contribution in [1.82, 2.24) is 4.98 Å². The lowest BCUT2D eigenvalue weighted by atomic mass is 10.1. The van der Waals surface area contributed by atoms with Crippen LogP contribution < -0.4 is 0 Å². The highest BCUT2D eigenvalue weighted by Gasteiger charge is 2.08. The van der Waals surface area contributed by atoms with Crippen molar-refractivity contribution in [3.8, 4) is 10.6 Å². The van der Waals surface area contributed by atoms with Crippen LogP contribution in [0.25, 0.3) is 10.6 Å². The highest BCUT2D eigenvalue weighted by Crippen LogP contribution is 2.31. The minimum atomic E-state index is 0.696. The van der Waals surface area contributed by atoms with E-state index in [-0.39, 0.29) is 0 Å². The maximum Gasteiger partial charge on any atom is 0.124 e. The van der Waals surface area contributed by atoms with Gasteiger partial charge >= 0.3 is 0 Å². The number of hydrogen-bond acceptors (Lipinski definition) is 2. The lowest BCUT2D eigenvalue weighted by Gasteiger charge is -2.01. The standard InChI is InChI=1S/C13H13BrClNS/c1-9-4-5-11(12(14)7-9)13-16-10(8-17-13)3-2-6-15/h4-5,7-8H,2-3,6H2,1H3. The average Bonchev–Trinajstić information content (AvgIpc) is 2.75. The van der Waals surface area contributed by atoms with E-state index in [1.54, 1.807) is 11.3 Å².